The van der Waals surface area contributed by atoms with Crippen LogP contribution in [0.5, 0.6) is 0 Å². The molecule has 0 atom stereocenters. The summed E-state index contributed by atoms with van der Waals surface area (Å²) < 4.78 is 0. The lowest BCUT2D eigenvalue weighted by Crippen LogP contribution is -2.27. The van der Waals surface area contributed by atoms with Gasteiger partial charge in [0.2, 0.25) is 0 Å². The van der Waals surface area contributed by atoms with Gasteiger partial charge in [-0.25, -0.2) is 0 Å². The second-order valence-corrected chi connectivity index (χ2v) is 5.92. The first-order valence-corrected chi connectivity index (χ1v) is 8.31. The molecule has 0 unspecified atom stereocenters. The Balaban J connectivity index is 2.36. The van der Waals surface area contributed by atoms with Crippen molar-refractivity contribution in [1.29, 1.82) is 0 Å². The van der Waals surface area contributed by atoms with Crippen molar-refractivity contribution < 1.29 is 0 Å². The fourth-order valence-corrected chi connectivity index (χ4v) is 2.47. The lowest BCUT2D eigenvalue weighted by Gasteiger charge is -2.21. The summed E-state index contributed by atoms with van der Waals surface area (Å²) in [5.74, 6) is 0. The maximum absolute atomic E-state index is 5.95. The average molecular weight is 297 g/mol. The van der Waals surface area contributed by atoms with E-state index in [1.807, 2.05) is 12.1 Å². The van der Waals surface area contributed by atoms with Gasteiger partial charge in [0.25, 0.3) is 0 Å². The van der Waals surface area contributed by atoms with Crippen molar-refractivity contribution in [1.82, 2.24) is 4.90 Å². The summed E-state index contributed by atoms with van der Waals surface area (Å²) in [5.41, 5.74) is 7.82. The Labute approximate surface area is 129 Å². The second-order valence-electron chi connectivity index (χ2n) is 5.51. The largest absolute Gasteiger partial charge is 0.398 e. The smallest absolute Gasteiger partial charge is 0.0635 e. The molecule has 0 amide bonds. The summed E-state index contributed by atoms with van der Waals surface area (Å²) in [5, 5.41) is 0.654. The number of hydrogen-bond acceptors (Lipinski definition) is 2. The highest BCUT2D eigenvalue weighted by atomic mass is 35.5. The number of rotatable bonds is 10. The van der Waals surface area contributed by atoms with Gasteiger partial charge in [-0.15, -0.1) is 0 Å². The fourth-order valence-electron chi connectivity index (χ4n) is 2.35. The average Bonchev–Trinajstić information content (AvgIpc) is 2.45. The van der Waals surface area contributed by atoms with E-state index in [9.17, 15) is 0 Å². The van der Waals surface area contributed by atoms with Crippen LogP contribution in [-0.4, -0.2) is 24.5 Å². The quantitative estimate of drug-likeness (QED) is 0.631. The van der Waals surface area contributed by atoms with Crippen LogP contribution in [-0.2, 0) is 6.42 Å². The zero-order valence-electron chi connectivity index (χ0n) is 13.0. The molecule has 1 aromatic carbocycles. The molecule has 0 aliphatic carbocycles. The van der Waals surface area contributed by atoms with Crippen molar-refractivity contribution in [3.8, 4) is 0 Å². The molecular formula is C17H29ClN2. The molecular weight excluding hydrogens is 268 g/mol. The van der Waals surface area contributed by atoms with Crippen LogP contribution < -0.4 is 5.73 Å². The summed E-state index contributed by atoms with van der Waals surface area (Å²) in [6.07, 6.45) is 7.42. The van der Waals surface area contributed by atoms with Gasteiger partial charge in [-0.2, -0.15) is 0 Å². The molecule has 0 aliphatic rings. The summed E-state index contributed by atoms with van der Waals surface area (Å²) in [4.78, 5) is 2.60. The van der Waals surface area contributed by atoms with E-state index in [-0.39, 0.29) is 0 Å². The molecule has 0 fully saturated rings. The number of nitrogen functional groups attached to an aromatic ring is 1. The summed E-state index contributed by atoms with van der Waals surface area (Å²) in [7, 11) is 0. The number of hydrogen-bond donors (Lipinski definition) is 1. The Morgan fingerprint density at radius 3 is 2.15 bits per heavy atom. The minimum Gasteiger partial charge on any atom is -0.398 e. The van der Waals surface area contributed by atoms with Gasteiger partial charge in [0.15, 0.2) is 0 Å². The molecule has 1 rings (SSSR count). The van der Waals surface area contributed by atoms with Crippen LogP contribution in [0.15, 0.2) is 18.2 Å². The normalized spacial score (nSPS) is 11.2. The van der Waals surface area contributed by atoms with E-state index in [0.717, 1.165) is 6.42 Å². The van der Waals surface area contributed by atoms with Crippen molar-refractivity contribution in [2.75, 3.05) is 25.4 Å². The minimum atomic E-state index is 0.654. The maximum Gasteiger partial charge on any atom is 0.0635 e. The first-order valence-electron chi connectivity index (χ1n) is 7.93. The van der Waals surface area contributed by atoms with Gasteiger partial charge in [0.1, 0.15) is 0 Å². The Morgan fingerprint density at radius 1 is 1.00 bits per heavy atom. The number of nitrogens with zero attached hydrogens (tertiary/aromatic N) is 1. The van der Waals surface area contributed by atoms with E-state index >= 15 is 0 Å². The Hall–Kier alpha value is -0.730. The van der Waals surface area contributed by atoms with Gasteiger partial charge in [0.05, 0.1) is 10.7 Å². The first kappa shape index (κ1) is 17.3. The number of unbranched alkanes of at least 4 members (excludes halogenated alkanes) is 2. The molecule has 20 heavy (non-hydrogen) atoms. The van der Waals surface area contributed by atoms with E-state index < -0.39 is 0 Å². The molecule has 114 valence electrons. The third kappa shape index (κ3) is 6.62. The number of aryl methyl sites for hydroxylation is 1. The van der Waals surface area contributed by atoms with Crippen molar-refractivity contribution in [3.05, 3.63) is 28.8 Å². The molecule has 1 aromatic rings. The van der Waals surface area contributed by atoms with Crippen LogP contribution in [0, 0.1) is 0 Å². The Bertz CT molecular complexity index is 371. The molecule has 0 heterocycles. The molecule has 0 saturated carbocycles. The molecule has 2 N–H and O–H groups in total. The van der Waals surface area contributed by atoms with Crippen LogP contribution in [0.3, 0.4) is 0 Å². The number of anilines is 1. The van der Waals surface area contributed by atoms with Crippen LogP contribution in [0.2, 0.25) is 5.02 Å². The van der Waals surface area contributed by atoms with Crippen LogP contribution >= 0.6 is 11.6 Å². The van der Waals surface area contributed by atoms with Crippen LogP contribution in [0.25, 0.3) is 0 Å². The number of halogens is 1. The van der Waals surface area contributed by atoms with Gasteiger partial charge < -0.3 is 10.6 Å². The molecule has 0 spiro atoms. The lowest BCUT2D eigenvalue weighted by atomic mass is 10.1. The molecule has 3 heteroatoms. The molecule has 0 bridgehead atoms. The standard InChI is InChI=1S/C17H29ClN2/c1-3-5-11-20(12-6-4-2)13-7-8-15-9-10-16(18)17(19)14-15/h9-10,14H,3-8,11-13,19H2,1-2H3. The third-order valence-corrected chi connectivity index (χ3v) is 4.00. The van der Waals surface area contributed by atoms with Gasteiger partial charge in [-0.3, -0.25) is 0 Å². The van der Waals surface area contributed by atoms with Crippen molar-refractivity contribution in [2.45, 2.75) is 52.4 Å². The van der Waals surface area contributed by atoms with E-state index in [1.54, 1.807) is 0 Å². The molecule has 0 saturated heterocycles. The van der Waals surface area contributed by atoms with Crippen LogP contribution in [0.4, 0.5) is 5.69 Å². The molecule has 0 aromatic heterocycles. The molecule has 0 radical (unpaired) electrons. The van der Waals surface area contributed by atoms with E-state index in [2.05, 4.69) is 24.8 Å². The summed E-state index contributed by atoms with van der Waals surface area (Å²) in [6, 6.07) is 5.99. The van der Waals surface area contributed by atoms with Crippen LogP contribution in [0.1, 0.15) is 51.5 Å². The lowest BCUT2D eigenvalue weighted by molar-refractivity contribution is 0.262. The Kier molecular flexibility index (Phi) is 8.72. The first-order chi connectivity index (χ1) is 9.67. The SMILES string of the molecule is CCCCN(CCCC)CCCc1ccc(Cl)c(N)c1. The van der Waals surface area contributed by atoms with E-state index in [1.165, 1.54) is 57.3 Å². The fraction of sp³-hybridized carbons (Fsp3) is 0.647. The number of nitrogens with two attached hydrogens (primary N) is 1. The second kappa shape index (κ2) is 10.1. The van der Waals surface area contributed by atoms with Crippen molar-refractivity contribution in [2.24, 2.45) is 0 Å². The van der Waals surface area contributed by atoms with Gasteiger partial charge in [-0.1, -0.05) is 44.4 Å². The van der Waals surface area contributed by atoms with Gasteiger partial charge >= 0.3 is 0 Å². The predicted octanol–water partition coefficient (Wildman–Crippen LogP) is 4.76. The van der Waals surface area contributed by atoms with E-state index in [4.69, 9.17) is 17.3 Å². The predicted molar refractivity (Wildman–Crippen MR) is 90.4 cm³/mol. The van der Waals surface area contributed by atoms with Crippen molar-refractivity contribution >= 4 is 17.3 Å². The van der Waals surface area contributed by atoms with Crippen molar-refractivity contribution in [3.63, 3.8) is 0 Å². The van der Waals surface area contributed by atoms with Gasteiger partial charge in [-0.05, 0) is 63.0 Å². The van der Waals surface area contributed by atoms with Gasteiger partial charge in [0, 0.05) is 0 Å². The highest BCUT2D eigenvalue weighted by molar-refractivity contribution is 6.33. The summed E-state index contributed by atoms with van der Waals surface area (Å²) >= 11 is 5.95. The monoisotopic (exact) mass is 296 g/mol. The topological polar surface area (TPSA) is 29.3 Å². The number of benzene rings is 1. The maximum atomic E-state index is 5.95. The molecule has 2 nitrogen and oxygen atoms in total. The zero-order chi connectivity index (χ0) is 14.8. The van der Waals surface area contributed by atoms with E-state index in [0.29, 0.717) is 10.7 Å². The zero-order valence-corrected chi connectivity index (χ0v) is 13.8. The minimum absolute atomic E-state index is 0.654. The highest BCUT2D eigenvalue weighted by Crippen LogP contribution is 2.20. The third-order valence-electron chi connectivity index (χ3n) is 3.66. The molecule has 0 aliphatic heterocycles. The Morgan fingerprint density at radius 2 is 1.60 bits per heavy atom. The highest BCUT2D eigenvalue weighted by Gasteiger charge is 2.04. The summed E-state index contributed by atoms with van der Waals surface area (Å²) in [6.45, 7) is 8.17.